The maximum absolute atomic E-state index is 10.3. The number of aliphatic hydroxyl groups is 1. The van der Waals surface area contributed by atoms with Gasteiger partial charge in [-0.05, 0) is 25.6 Å². The zero-order valence-electron chi connectivity index (χ0n) is 11.6. The number of nitrogens with two attached hydrogens (primary N) is 1. The molecule has 8 nitrogen and oxygen atoms in total. The van der Waals surface area contributed by atoms with Crippen LogP contribution in [0, 0.1) is 5.41 Å². The van der Waals surface area contributed by atoms with Crippen LogP contribution in [0.1, 0.15) is 25.3 Å². The van der Waals surface area contributed by atoms with E-state index in [1.165, 1.54) is 0 Å². The maximum atomic E-state index is 10.3. The summed E-state index contributed by atoms with van der Waals surface area (Å²) in [6, 6.07) is 0.0190. The van der Waals surface area contributed by atoms with E-state index in [2.05, 4.69) is 9.97 Å². The van der Waals surface area contributed by atoms with Gasteiger partial charge >= 0.3 is 0 Å². The van der Waals surface area contributed by atoms with Crippen LogP contribution in [0.4, 0.5) is 17.6 Å². The zero-order chi connectivity index (χ0) is 14.5. The van der Waals surface area contributed by atoms with Crippen molar-refractivity contribution in [1.29, 1.82) is 5.41 Å². The van der Waals surface area contributed by atoms with E-state index in [1.807, 2.05) is 4.90 Å². The van der Waals surface area contributed by atoms with Crippen LogP contribution in [0.25, 0.3) is 5.73 Å². The summed E-state index contributed by atoms with van der Waals surface area (Å²) in [4.78, 5) is 9.84. The van der Waals surface area contributed by atoms with Crippen LogP contribution >= 0.6 is 0 Å². The van der Waals surface area contributed by atoms with E-state index in [-0.39, 0.29) is 49.7 Å². The topological polar surface area (TPSA) is 132 Å². The number of nitrogens with one attached hydrogen (secondary N) is 2. The summed E-state index contributed by atoms with van der Waals surface area (Å²) >= 11 is 0. The normalized spacial score (nSPS) is 27.8. The van der Waals surface area contributed by atoms with Crippen LogP contribution in [-0.4, -0.2) is 45.8 Å². The summed E-state index contributed by atoms with van der Waals surface area (Å²) in [7, 11) is 0. The van der Waals surface area contributed by atoms with E-state index in [0.29, 0.717) is 25.4 Å². The van der Waals surface area contributed by atoms with Crippen LogP contribution in [-0.2, 0) is 25.2 Å². The Bertz CT molecular complexity index is 579. The summed E-state index contributed by atoms with van der Waals surface area (Å²) < 4.78 is 5.41. The van der Waals surface area contributed by atoms with Crippen LogP contribution < -0.4 is 10.6 Å². The Morgan fingerprint density at radius 2 is 2.24 bits per heavy atom. The van der Waals surface area contributed by atoms with E-state index < -0.39 is 5.60 Å². The van der Waals surface area contributed by atoms with Crippen molar-refractivity contribution in [3.63, 3.8) is 0 Å². The number of piperidine rings is 1. The van der Waals surface area contributed by atoms with Crippen molar-refractivity contribution in [2.75, 3.05) is 23.8 Å². The molecule has 1 radical (unpaired) electrons. The van der Waals surface area contributed by atoms with Gasteiger partial charge in [-0.25, -0.2) is 4.98 Å². The van der Waals surface area contributed by atoms with Crippen LogP contribution in [0.3, 0.4) is 0 Å². The molecule has 2 atom stereocenters. The first-order valence-corrected chi connectivity index (χ1v) is 6.47. The monoisotopic (exact) mass is 464 g/mol. The smallest absolute Gasteiger partial charge is 0.216 e. The van der Waals surface area contributed by atoms with Crippen molar-refractivity contribution >= 4 is 23.5 Å². The third-order valence-corrected chi connectivity index (χ3v) is 3.79. The summed E-state index contributed by atoms with van der Waals surface area (Å²) in [5.74, 6) is 0.171. The molecule has 2 unspecified atom stereocenters. The molecular weight excluding hydrogens is 446 g/mol. The number of hydrogen-bond acceptors (Lipinski definition) is 7. The van der Waals surface area contributed by atoms with Crippen molar-refractivity contribution < 1.29 is 30.3 Å². The number of hydrogen-bond donors (Lipinski definition) is 3. The van der Waals surface area contributed by atoms with Gasteiger partial charge in [0.15, 0.2) is 0 Å². The summed E-state index contributed by atoms with van der Waals surface area (Å²) in [6.07, 6.45) is 1.39. The van der Waals surface area contributed by atoms with Gasteiger partial charge in [-0.3, -0.25) is 5.41 Å². The summed E-state index contributed by atoms with van der Waals surface area (Å²) in [5, 5.41) is 18.2. The minimum Gasteiger partial charge on any atom is -0.481 e. The molecule has 115 valence electrons. The first-order valence-electron chi connectivity index (χ1n) is 6.47. The predicted octanol–water partition coefficient (Wildman–Crippen LogP) is 0.815. The maximum Gasteiger partial charge on any atom is 0.216 e. The quantitative estimate of drug-likeness (QED) is 0.522. The molecular formula is C12H17N6O2Re-. The van der Waals surface area contributed by atoms with Gasteiger partial charge < -0.3 is 31.2 Å². The minimum atomic E-state index is -0.831. The number of fused-ring (bicyclic) bond motifs is 3. The van der Waals surface area contributed by atoms with Crippen LogP contribution in [0.15, 0.2) is 0 Å². The van der Waals surface area contributed by atoms with Gasteiger partial charge in [-0.15, -0.1) is 0 Å². The summed E-state index contributed by atoms with van der Waals surface area (Å²) in [6.45, 7) is 2.48. The van der Waals surface area contributed by atoms with E-state index >= 15 is 0 Å². The van der Waals surface area contributed by atoms with E-state index in [4.69, 9.17) is 21.6 Å². The molecule has 0 aromatic carbocycles. The van der Waals surface area contributed by atoms with Crippen LogP contribution in [0.5, 0.6) is 0 Å². The zero-order valence-corrected chi connectivity index (χ0v) is 14.3. The number of nitrogens with zero attached hydrogens (tertiary/aromatic N) is 3. The standard InChI is InChI=1S/C12H17N6O2.Re/c1-12(19)3-2-6-4-20-9(14)7-8(13)16-11(15)17-10(7)18(6)5-12;/h6,14,19H,2-5H2,1H3,(H3-,13,15,16,17);/q-1;. The number of anilines is 2. The Morgan fingerprint density at radius 1 is 1.52 bits per heavy atom. The van der Waals surface area contributed by atoms with Crippen molar-refractivity contribution in [2.24, 2.45) is 0 Å². The molecule has 3 heterocycles. The SMILES string of the molecule is CC1(O)CCC2COC(=N)c3c([NH-])nc(N)nc3N2C1.[Re]. The second kappa shape index (κ2) is 5.41. The Balaban J connectivity index is 0.00000161. The molecule has 1 aromatic heterocycles. The molecule has 0 bridgehead atoms. The fraction of sp³-hybridized carbons (Fsp3) is 0.583. The molecule has 21 heavy (non-hydrogen) atoms. The predicted molar refractivity (Wildman–Crippen MR) is 74.2 cm³/mol. The van der Waals surface area contributed by atoms with Gasteiger partial charge in [0.2, 0.25) is 5.90 Å². The minimum absolute atomic E-state index is 0. The Hall–Kier alpha value is -1.43. The molecule has 2 aliphatic rings. The average molecular weight is 464 g/mol. The molecule has 1 fully saturated rings. The molecule has 1 saturated heterocycles. The molecule has 3 rings (SSSR count). The average Bonchev–Trinajstić information content (AvgIpc) is 2.47. The van der Waals surface area contributed by atoms with Crippen molar-refractivity contribution in [3.8, 4) is 0 Å². The molecule has 9 heteroatoms. The second-order valence-electron chi connectivity index (χ2n) is 5.59. The fourth-order valence-corrected chi connectivity index (χ4v) is 2.76. The van der Waals surface area contributed by atoms with Crippen LogP contribution in [0.2, 0.25) is 0 Å². The molecule has 2 aliphatic heterocycles. The van der Waals surface area contributed by atoms with Crippen molar-refractivity contribution in [2.45, 2.75) is 31.4 Å². The number of rotatable bonds is 0. The van der Waals surface area contributed by atoms with Crippen molar-refractivity contribution in [1.82, 2.24) is 9.97 Å². The molecule has 0 aliphatic carbocycles. The Morgan fingerprint density at radius 3 is 2.95 bits per heavy atom. The van der Waals surface area contributed by atoms with Gasteiger partial charge in [0, 0.05) is 27.0 Å². The summed E-state index contributed by atoms with van der Waals surface area (Å²) in [5.41, 5.74) is 12.9. The van der Waals surface area contributed by atoms with Gasteiger partial charge in [0.1, 0.15) is 18.4 Å². The number of nitrogen functional groups attached to an aromatic ring is 1. The molecule has 0 spiro atoms. The second-order valence-corrected chi connectivity index (χ2v) is 5.59. The first-order chi connectivity index (χ1) is 9.37. The van der Waals surface area contributed by atoms with Gasteiger partial charge in [-0.2, -0.15) is 0 Å². The van der Waals surface area contributed by atoms with Gasteiger partial charge in [0.05, 0.1) is 17.2 Å². The fourth-order valence-electron chi connectivity index (χ4n) is 2.76. The first kappa shape index (κ1) is 16.0. The largest absolute Gasteiger partial charge is 0.481 e. The number of aromatic nitrogens is 2. The molecule has 0 amide bonds. The number of ether oxygens (including phenoxy) is 1. The Kier molecular flexibility index (Phi) is 4.11. The molecule has 5 N–H and O–H groups in total. The van der Waals surface area contributed by atoms with Gasteiger partial charge in [0.25, 0.3) is 0 Å². The van der Waals surface area contributed by atoms with E-state index in [9.17, 15) is 5.11 Å². The van der Waals surface area contributed by atoms with Gasteiger partial charge in [-0.1, -0.05) is 0 Å². The third kappa shape index (κ3) is 2.81. The van der Waals surface area contributed by atoms with Crippen molar-refractivity contribution in [3.05, 3.63) is 11.3 Å². The van der Waals surface area contributed by atoms with E-state index in [1.54, 1.807) is 6.92 Å². The third-order valence-electron chi connectivity index (χ3n) is 3.79. The molecule has 0 saturated carbocycles. The molecule has 1 aromatic rings. The Labute approximate surface area is 136 Å². The van der Waals surface area contributed by atoms with E-state index in [0.717, 1.165) is 6.42 Å².